The molecule has 0 fully saturated rings. The molecule has 0 saturated carbocycles. The van der Waals surface area contributed by atoms with Crippen LogP contribution in [0.2, 0.25) is 0 Å². The monoisotopic (exact) mass is 401 g/mol. The van der Waals surface area contributed by atoms with E-state index >= 15 is 0 Å². The fourth-order valence-electron chi connectivity index (χ4n) is 3.63. The Morgan fingerprint density at radius 1 is 1.28 bits per heavy atom. The minimum atomic E-state index is -0.257. The lowest BCUT2D eigenvalue weighted by Gasteiger charge is -2.41. The van der Waals surface area contributed by atoms with E-state index in [1.165, 1.54) is 16.7 Å². The van der Waals surface area contributed by atoms with Crippen molar-refractivity contribution < 1.29 is 9.53 Å². The molecule has 1 heterocycles. The van der Waals surface area contributed by atoms with Crippen LogP contribution >= 0.6 is 15.9 Å². The number of fused-ring (bicyclic) bond motifs is 1. The molecule has 2 aromatic carbocycles. The molecule has 3 nitrogen and oxygen atoms in total. The van der Waals surface area contributed by atoms with Gasteiger partial charge in [0, 0.05) is 10.2 Å². The Kier molecular flexibility index (Phi) is 4.92. The zero-order chi connectivity index (χ0) is 18.2. The summed E-state index contributed by atoms with van der Waals surface area (Å²) in [5.41, 5.74) is 5.42. The van der Waals surface area contributed by atoms with Gasteiger partial charge >= 0.3 is 5.97 Å². The van der Waals surface area contributed by atoms with E-state index in [1.807, 2.05) is 25.1 Å². The Balaban J connectivity index is 1.96. The first kappa shape index (κ1) is 18.0. The van der Waals surface area contributed by atoms with Gasteiger partial charge < -0.3 is 10.1 Å². The van der Waals surface area contributed by atoms with Gasteiger partial charge in [0.05, 0.1) is 18.2 Å². The highest BCUT2D eigenvalue weighted by atomic mass is 79.9. The van der Waals surface area contributed by atoms with Gasteiger partial charge in [-0.3, -0.25) is 0 Å². The van der Waals surface area contributed by atoms with Crippen LogP contribution in [0.15, 0.2) is 40.9 Å². The maximum absolute atomic E-state index is 12.0. The second kappa shape index (κ2) is 6.83. The first-order valence-electron chi connectivity index (χ1n) is 8.64. The van der Waals surface area contributed by atoms with Crippen LogP contribution in [0, 0.1) is 12.3 Å². The van der Waals surface area contributed by atoms with Crippen LogP contribution in [0.3, 0.4) is 0 Å². The van der Waals surface area contributed by atoms with Crippen molar-refractivity contribution in [1.29, 1.82) is 0 Å². The Morgan fingerprint density at radius 2 is 2.04 bits per heavy atom. The number of carbonyl (C=O) groups is 1. The van der Waals surface area contributed by atoms with Crippen molar-refractivity contribution in [2.75, 3.05) is 11.9 Å². The predicted octanol–water partition coefficient (Wildman–Crippen LogP) is 5.67. The number of benzene rings is 2. The average Bonchev–Trinajstić information content (AvgIpc) is 2.52. The van der Waals surface area contributed by atoms with Gasteiger partial charge in [0.15, 0.2) is 0 Å². The number of nitrogens with one attached hydrogen (secondary N) is 1. The summed E-state index contributed by atoms with van der Waals surface area (Å²) in [6.45, 7) is 8.86. The number of anilines is 1. The first-order chi connectivity index (χ1) is 11.8. The van der Waals surface area contributed by atoms with Gasteiger partial charge in [-0.1, -0.05) is 35.8 Å². The van der Waals surface area contributed by atoms with Crippen LogP contribution in [0.25, 0.3) is 0 Å². The van der Waals surface area contributed by atoms with Gasteiger partial charge in [0.25, 0.3) is 0 Å². The second-order valence-corrected chi connectivity index (χ2v) is 8.31. The quantitative estimate of drug-likeness (QED) is 0.673. The zero-order valence-electron chi connectivity index (χ0n) is 15.2. The third-order valence-corrected chi connectivity index (χ3v) is 5.20. The summed E-state index contributed by atoms with van der Waals surface area (Å²) < 4.78 is 6.22. The molecule has 0 spiro atoms. The lowest BCUT2D eigenvalue weighted by molar-refractivity contribution is 0.0526. The predicted molar refractivity (Wildman–Crippen MR) is 105 cm³/mol. The molecule has 1 atom stereocenters. The molecule has 0 saturated heterocycles. The molecule has 0 radical (unpaired) electrons. The average molecular weight is 402 g/mol. The van der Waals surface area contributed by atoms with E-state index in [4.69, 9.17) is 4.74 Å². The van der Waals surface area contributed by atoms with E-state index in [9.17, 15) is 4.79 Å². The first-order valence-corrected chi connectivity index (χ1v) is 9.43. The topological polar surface area (TPSA) is 38.3 Å². The summed E-state index contributed by atoms with van der Waals surface area (Å²) in [4.78, 5) is 12.0. The largest absolute Gasteiger partial charge is 0.462 e. The molecule has 2 aromatic rings. The normalized spacial score (nSPS) is 18.2. The van der Waals surface area contributed by atoms with Crippen molar-refractivity contribution >= 4 is 27.6 Å². The molecule has 1 unspecified atom stereocenters. The Bertz CT molecular complexity index is 793. The molecule has 1 aliphatic heterocycles. The molecule has 25 heavy (non-hydrogen) atoms. The van der Waals surface area contributed by atoms with Crippen molar-refractivity contribution in [1.82, 2.24) is 0 Å². The van der Waals surface area contributed by atoms with Crippen LogP contribution in [0.4, 0.5) is 5.69 Å². The van der Waals surface area contributed by atoms with Gasteiger partial charge in [-0.25, -0.2) is 4.79 Å². The standard InChI is InChI=1S/C21H24BrNO2/c1-5-25-20(24)14-6-7-18-16(10-14)12-21(3,4)19(23-18)15-8-13(2)9-17(22)11-15/h6-11,19,23H,5,12H2,1-4H3. The van der Waals surface area contributed by atoms with Gasteiger partial charge in [-0.15, -0.1) is 0 Å². The number of ether oxygens (including phenoxy) is 1. The molecule has 4 heteroatoms. The summed E-state index contributed by atoms with van der Waals surface area (Å²) in [6.07, 6.45) is 0.902. The van der Waals surface area contributed by atoms with Crippen LogP contribution in [0.1, 0.15) is 53.9 Å². The molecule has 1 aliphatic rings. The van der Waals surface area contributed by atoms with E-state index in [-0.39, 0.29) is 17.4 Å². The van der Waals surface area contributed by atoms with Gasteiger partial charge in [0.1, 0.15) is 0 Å². The van der Waals surface area contributed by atoms with E-state index < -0.39 is 0 Å². The van der Waals surface area contributed by atoms with Crippen LogP contribution in [0.5, 0.6) is 0 Å². The minimum absolute atomic E-state index is 0.0213. The van der Waals surface area contributed by atoms with E-state index in [0.717, 1.165) is 16.6 Å². The fourth-order valence-corrected chi connectivity index (χ4v) is 4.26. The van der Waals surface area contributed by atoms with Gasteiger partial charge in [-0.2, -0.15) is 0 Å². The summed E-state index contributed by atoms with van der Waals surface area (Å²) >= 11 is 3.61. The summed E-state index contributed by atoms with van der Waals surface area (Å²) in [6, 6.07) is 12.6. The number of halogens is 1. The smallest absolute Gasteiger partial charge is 0.338 e. The lowest BCUT2D eigenvalue weighted by Crippen LogP contribution is -2.35. The van der Waals surface area contributed by atoms with Crippen LogP contribution in [-0.2, 0) is 11.2 Å². The van der Waals surface area contributed by atoms with Gasteiger partial charge in [0.2, 0.25) is 0 Å². The van der Waals surface area contributed by atoms with Crippen LogP contribution < -0.4 is 5.32 Å². The Hall–Kier alpha value is -1.81. The number of rotatable bonds is 3. The molecule has 0 aromatic heterocycles. The number of esters is 1. The Labute approximate surface area is 157 Å². The summed E-state index contributed by atoms with van der Waals surface area (Å²) in [5, 5.41) is 3.68. The molecule has 0 amide bonds. The molecule has 0 aliphatic carbocycles. The van der Waals surface area contributed by atoms with Crippen molar-refractivity contribution in [3.8, 4) is 0 Å². The third kappa shape index (κ3) is 3.74. The minimum Gasteiger partial charge on any atom is -0.462 e. The molecule has 132 valence electrons. The third-order valence-electron chi connectivity index (χ3n) is 4.74. The van der Waals surface area contributed by atoms with Crippen molar-refractivity contribution in [3.63, 3.8) is 0 Å². The zero-order valence-corrected chi connectivity index (χ0v) is 16.7. The number of aryl methyl sites for hydroxylation is 1. The lowest BCUT2D eigenvalue weighted by atomic mass is 9.72. The number of hydrogen-bond acceptors (Lipinski definition) is 3. The molecule has 3 rings (SSSR count). The van der Waals surface area contributed by atoms with Crippen molar-refractivity contribution in [2.45, 2.75) is 40.2 Å². The maximum Gasteiger partial charge on any atom is 0.338 e. The van der Waals surface area contributed by atoms with Crippen molar-refractivity contribution in [3.05, 3.63) is 63.1 Å². The molecule has 1 N–H and O–H groups in total. The Morgan fingerprint density at radius 3 is 2.72 bits per heavy atom. The van der Waals surface area contributed by atoms with Crippen LogP contribution in [-0.4, -0.2) is 12.6 Å². The highest BCUT2D eigenvalue weighted by Crippen LogP contribution is 2.45. The fraction of sp³-hybridized carbons (Fsp3) is 0.381. The number of carbonyl (C=O) groups excluding carboxylic acids is 1. The van der Waals surface area contributed by atoms with E-state index in [0.29, 0.717) is 12.2 Å². The summed E-state index contributed by atoms with van der Waals surface area (Å²) in [5.74, 6) is -0.257. The maximum atomic E-state index is 12.0. The number of hydrogen-bond donors (Lipinski definition) is 1. The molecule has 0 bridgehead atoms. The molecular formula is C21H24BrNO2. The SMILES string of the molecule is CCOC(=O)c1ccc2c(c1)CC(C)(C)C(c1cc(C)cc(Br)c1)N2. The van der Waals surface area contributed by atoms with Gasteiger partial charge in [-0.05, 0) is 72.7 Å². The second-order valence-electron chi connectivity index (χ2n) is 7.40. The summed E-state index contributed by atoms with van der Waals surface area (Å²) in [7, 11) is 0. The van der Waals surface area contributed by atoms with Crippen molar-refractivity contribution in [2.24, 2.45) is 5.41 Å². The van der Waals surface area contributed by atoms with E-state index in [1.54, 1.807) is 0 Å². The van der Waals surface area contributed by atoms with E-state index in [2.05, 4.69) is 60.2 Å². The highest BCUT2D eigenvalue weighted by molar-refractivity contribution is 9.10. The molecular weight excluding hydrogens is 378 g/mol. The highest BCUT2D eigenvalue weighted by Gasteiger charge is 2.36.